The third kappa shape index (κ3) is 2.93. The summed E-state index contributed by atoms with van der Waals surface area (Å²) < 4.78 is 0. The molecule has 1 aromatic rings. The van der Waals surface area contributed by atoms with Gasteiger partial charge in [0.1, 0.15) is 5.75 Å². The summed E-state index contributed by atoms with van der Waals surface area (Å²) in [6.07, 6.45) is 3.04. The molecule has 0 unspecified atom stereocenters. The summed E-state index contributed by atoms with van der Waals surface area (Å²) in [7, 11) is 0. The number of rotatable bonds is 4. The molecule has 0 bridgehead atoms. The van der Waals surface area contributed by atoms with E-state index in [4.69, 9.17) is 10.8 Å². The van der Waals surface area contributed by atoms with Crippen LogP contribution >= 0.6 is 0 Å². The highest BCUT2D eigenvalue weighted by Crippen LogP contribution is 2.11. The Balaban J connectivity index is 2.37. The van der Waals surface area contributed by atoms with Crippen molar-refractivity contribution >= 4 is 0 Å². The van der Waals surface area contributed by atoms with E-state index in [1.807, 2.05) is 12.1 Å². The molecule has 1 aromatic carbocycles. The Morgan fingerprint density at radius 2 is 1.75 bits per heavy atom. The molecule has 0 spiro atoms. The van der Waals surface area contributed by atoms with Crippen LogP contribution in [0.4, 0.5) is 0 Å². The fraction of sp³-hybridized carbons (Fsp3) is 0.400. The molecule has 2 N–H and O–H groups in total. The number of hydrogen-bond donors (Lipinski definition) is 1. The highest BCUT2D eigenvalue weighted by molar-refractivity contribution is 5.25. The minimum absolute atomic E-state index is 0.319. The van der Waals surface area contributed by atoms with Crippen molar-refractivity contribution in [3.05, 3.63) is 29.8 Å². The molecule has 0 aromatic heterocycles. The van der Waals surface area contributed by atoms with Gasteiger partial charge in [-0.15, -0.1) is 0 Å². The van der Waals surface area contributed by atoms with Crippen molar-refractivity contribution in [2.45, 2.75) is 19.3 Å². The van der Waals surface area contributed by atoms with Crippen LogP contribution in [0.3, 0.4) is 0 Å². The maximum absolute atomic E-state index is 9.00. The third-order valence-electron chi connectivity index (χ3n) is 1.83. The molecule has 0 aliphatic rings. The number of benzene rings is 1. The summed E-state index contributed by atoms with van der Waals surface area (Å²) in [5.41, 5.74) is 8.20. The first kappa shape index (κ1) is 9.07. The minimum atomic E-state index is 0.319. The minimum Gasteiger partial charge on any atom is -0.508 e. The van der Waals surface area contributed by atoms with Gasteiger partial charge in [-0.1, -0.05) is 12.1 Å². The lowest BCUT2D eigenvalue weighted by Crippen LogP contribution is -1.89. The van der Waals surface area contributed by atoms with E-state index in [0.29, 0.717) is 12.3 Å². The van der Waals surface area contributed by atoms with Crippen LogP contribution < -0.4 is 5.73 Å². The van der Waals surface area contributed by atoms with Crippen molar-refractivity contribution in [3.63, 3.8) is 0 Å². The van der Waals surface area contributed by atoms with Crippen molar-refractivity contribution < 1.29 is 5.11 Å². The maximum Gasteiger partial charge on any atom is 0.115 e. The Morgan fingerprint density at radius 1 is 1.08 bits per heavy atom. The van der Waals surface area contributed by atoms with E-state index < -0.39 is 0 Å². The average Bonchev–Trinajstić information content (AvgIpc) is 2.09. The number of unbranched alkanes of at least 4 members (excludes halogenated alkanes) is 1. The molecule has 0 atom stereocenters. The van der Waals surface area contributed by atoms with Crippen molar-refractivity contribution in [1.82, 2.24) is 5.73 Å². The standard InChI is InChI=1S/C10H14NO/c11-8-2-1-3-9-4-6-10(12)7-5-9/h4-7,11-12H,1-3,8H2. The summed E-state index contributed by atoms with van der Waals surface area (Å²) in [6, 6.07) is 7.27. The molecule has 0 saturated carbocycles. The second-order valence-corrected chi connectivity index (χ2v) is 2.87. The average molecular weight is 164 g/mol. The lowest BCUT2D eigenvalue weighted by Gasteiger charge is -1.99. The number of aryl methyl sites for hydroxylation is 1. The Kier molecular flexibility index (Phi) is 3.61. The van der Waals surface area contributed by atoms with Crippen molar-refractivity contribution in [2.24, 2.45) is 0 Å². The summed E-state index contributed by atoms with van der Waals surface area (Å²) >= 11 is 0. The van der Waals surface area contributed by atoms with Gasteiger partial charge in [0.05, 0.1) is 0 Å². The maximum atomic E-state index is 9.00. The van der Waals surface area contributed by atoms with Crippen LogP contribution in [0.5, 0.6) is 5.75 Å². The van der Waals surface area contributed by atoms with Gasteiger partial charge in [0.15, 0.2) is 0 Å². The van der Waals surface area contributed by atoms with Gasteiger partial charge in [0.2, 0.25) is 0 Å². The van der Waals surface area contributed by atoms with Gasteiger partial charge in [0, 0.05) is 6.54 Å². The molecular formula is C10H14NO. The van der Waals surface area contributed by atoms with E-state index in [-0.39, 0.29) is 0 Å². The second kappa shape index (κ2) is 4.78. The monoisotopic (exact) mass is 164 g/mol. The van der Waals surface area contributed by atoms with E-state index >= 15 is 0 Å². The smallest absolute Gasteiger partial charge is 0.115 e. The topological polar surface area (TPSA) is 44.0 Å². The number of phenols is 1. The van der Waals surface area contributed by atoms with Crippen molar-refractivity contribution in [3.8, 4) is 5.75 Å². The molecule has 0 saturated heterocycles. The largest absolute Gasteiger partial charge is 0.508 e. The molecule has 0 heterocycles. The van der Waals surface area contributed by atoms with Crippen LogP contribution in [0.2, 0.25) is 0 Å². The molecule has 0 fully saturated rings. The Bertz CT molecular complexity index is 218. The Labute approximate surface area is 73.0 Å². The quantitative estimate of drug-likeness (QED) is 0.679. The predicted octanol–water partition coefficient (Wildman–Crippen LogP) is 2.00. The van der Waals surface area contributed by atoms with Gasteiger partial charge in [-0.25, -0.2) is 0 Å². The molecule has 1 radical (unpaired) electrons. The van der Waals surface area contributed by atoms with E-state index in [2.05, 4.69) is 0 Å². The van der Waals surface area contributed by atoms with E-state index in [1.54, 1.807) is 12.1 Å². The lowest BCUT2D eigenvalue weighted by molar-refractivity contribution is 0.475. The lowest BCUT2D eigenvalue weighted by atomic mass is 10.1. The Hall–Kier alpha value is -1.02. The highest BCUT2D eigenvalue weighted by atomic mass is 16.3. The van der Waals surface area contributed by atoms with Crippen LogP contribution in [-0.2, 0) is 6.42 Å². The Morgan fingerprint density at radius 3 is 2.33 bits per heavy atom. The zero-order valence-electron chi connectivity index (χ0n) is 7.09. The van der Waals surface area contributed by atoms with Gasteiger partial charge in [-0.05, 0) is 37.0 Å². The molecule has 65 valence electrons. The summed E-state index contributed by atoms with van der Waals surface area (Å²) in [6.45, 7) is 0.512. The number of aromatic hydroxyl groups is 1. The van der Waals surface area contributed by atoms with E-state index in [9.17, 15) is 0 Å². The van der Waals surface area contributed by atoms with Crippen LogP contribution in [-0.4, -0.2) is 11.7 Å². The van der Waals surface area contributed by atoms with Gasteiger partial charge in [0.25, 0.3) is 0 Å². The molecule has 0 aliphatic heterocycles. The number of hydrogen-bond acceptors (Lipinski definition) is 1. The van der Waals surface area contributed by atoms with Crippen molar-refractivity contribution in [1.29, 1.82) is 0 Å². The fourth-order valence-electron chi connectivity index (χ4n) is 1.12. The molecule has 0 amide bonds. The van der Waals surface area contributed by atoms with E-state index in [0.717, 1.165) is 19.3 Å². The van der Waals surface area contributed by atoms with Crippen molar-refractivity contribution in [2.75, 3.05) is 6.54 Å². The van der Waals surface area contributed by atoms with Crippen LogP contribution in [0.15, 0.2) is 24.3 Å². The fourth-order valence-corrected chi connectivity index (χ4v) is 1.12. The first-order valence-corrected chi connectivity index (χ1v) is 4.25. The van der Waals surface area contributed by atoms with Crippen LogP contribution in [0, 0.1) is 0 Å². The third-order valence-corrected chi connectivity index (χ3v) is 1.83. The molecule has 2 heteroatoms. The molecule has 12 heavy (non-hydrogen) atoms. The molecule has 0 aliphatic carbocycles. The van der Waals surface area contributed by atoms with Gasteiger partial charge in [-0.3, -0.25) is 5.73 Å². The summed E-state index contributed by atoms with van der Waals surface area (Å²) in [5.74, 6) is 0.319. The van der Waals surface area contributed by atoms with E-state index in [1.165, 1.54) is 5.56 Å². The SMILES string of the molecule is [NH]CCCCc1ccc(O)cc1. The number of phenolic OH excluding ortho intramolecular Hbond substituents is 1. The zero-order chi connectivity index (χ0) is 8.81. The first-order valence-electron chi connectivity index (χ1n) is 4.25. The number of nitrogens with one attached hydrogen (secondary N) is 1. The first-order chi connectivity index (χ1) is 5.83. The van der Waals surface area contributed by atoms with Gasteiger partial charge < -0.3 is 5.11 Å². The van der Waals surface area contributed by atoms with Crippen LogP contribution in [0.25, 0.3) is 0 Å². The molecular weight excluding hydrogens is 150 g/mol. The summed E-state index contributed by atoms with van der Waals surface area (Å²) in [4.78, 5) is 0. The van der Waals surface area contributed by atoms with Gasteiger partial charge in [-0.2, -0.15) is 0 Å². The molecule has 1 rings (SSSR count). The zero-order valence-corrected chi connectivity index (χ0v) is 7.09. The summed E-state index contributed by atoms with van der Waals surface area (Å²) in [5, 5.41) is 9.00. The van der Waals surface area contributed by atoms with Gasteiger partial charge >= 0.3 is 0 Å². The van der Waals surface area contributed by atoms with Crippen LogP contribution in [0.1, 0.15) is 18.4 Å². The normalized spacial score (nSPS) is 10.1. The highest BCUT2D eigenvalue weighted by Gasteiger charge is 1.92. The molecule has 2 nitrogen and oxygen atoms in total. The second-order valence-electron chi connectivity index (χ2n) is 2.87. The predicted molar refractivity (Wildman–Crippen MR) is 49.0 cm³/mol.